The molecule has 0 radical (unpaired) electrons. The fourth-order valence-corrected chi connectivity index (χ4v) is 3.03. The third-order valence-electron chi connectivity index (χ3n) is 3.58. The first-order chi connectivity index (χ1) is 9.65. The van der Waals surface area contributed by atoms with Gasteiger partial charge in [-0.25, -0.2) is 4.98 Å². The molecule has 1 saturated heterocycles. The smallest absolute Gasteiger partial charge is 0.273 e. The molecule has 1 aliphatic heterocycles. The summed E-state index contributed by atoms with van der Waals surface area (Å²) in [6, 6.07) is 0.343. The third kappa shape index (κ3) is 3.54. The van der Waals surface area contributed by atoms with Crippen LogP contribution < -0.4 is 5.73 Å². The molecule has 1 aromatic rings. The lowest BCUT2D eigenvalue weighted by Gasteiger charge is -2.39. The van der Waals surface area contributed by atoms with E-state index < -0.39 is 0 Å². The van der Waals surface area contributed by atoms with Crippen LogP contribution in [0.15, 0.2) is 5.38 Å². The van der Waals surface area contributed by atoms with Gasteiger partial charge in [-0.2, -0.15) is 0 Å². The van der Waals surface area contributed by atoms with Crippen LogP contribution in [0.5, 0.6) is 0 Å². The lowest BCUT2D eigenvalue weighted by Crippen LogP contribution is -2.54. The summed E-state index contributed by atoms with van der Waals surface area (Å²) in [7, 11) is 1.71. The average Bonchev–Trinajstić information content (AvgIpc) is 2.94. The molecule has 112 valence electrons. The number of rotatable bonds is 5. The predicted molar refractivity (Wildman–Crippen MR) is 78.8 cm³/mol. The van der Waals surface area contributed by atoms with Gasteiger partial charge in [0.05, 0.1) is 6.61 Å². The third-order valence-corrected chi connectivity index (χ3v) is 4.45. The molecule has 1 unspecified atom stereocenters. The second kappa shape index (κ2) is 7.12. The molecule has 0 aliphatic carbocycles. The monoisotopic (exact) mass is 298 g/mol. The Hall–Kier alpha value is -1.02. The number of hydrogen-bond donors (Lipinski definition) is 1. The minimum Gasteiger partial charge on any atom is -0.383 e. The van der Waals surface area contributed by atoms with Crippen molar-refractivity contribution < 1.29 is 9.53 Å². The quantitative estimate of drug-likeness (QED) is 0.851. The molecule has 2 N–H and O–H groups in total. The number of carbonyl (C=O) groups is 1. The van der Waals surface area contributed by atoms with Gasteiger partial charge in [0.1, 0.15) is 10.7 Å². The number of aromatic nitrogens is 1. The normalized spacial score (nSPS) is 20.4. The summed E-state index contributed by atoms with van der Waals surface area (Å²) in [6.07, 6.45) is 0. The topological polar surface area (TPSA) is 71.7 Å². The summed E-state index contributed by atoms with van der Waals surface area (Å²) in [5, 5.41) is 2.60. The van der Waals surface area contributed by atoms with Gasteiger partial charge in [-0.1, -0.05) is 0 Å². The van der Waals surface area contributed by atoms with E-state index in [4.69, 9.17) is 10.5 Å². The van der Waals surface area contributed by atoms with Crippen molar-refractivity contribution >= 4 is 17.2 Å². The Morgan fingerprint density at radius 2 is 2.40 bits per heavy atom. The summed E-state index contributed by atoms with van der Waals surface area (Å²) in [6.45, 7) is 6.52. The molecule has 0 saturated carbocycles. The van der Waals surface area contributed by atoms with Crippen LogP contribution in [-0.2, 0) is 11.3 Å². The maximum Gasteiger partial charge on any atom is 0.273 e. The van der Waals surface area contributed by atoms with Gasteiger partial charge in [-0.05, 0) is 6.92 Å². The number of nitrogens with two attached hydrogens (primary N) is 1. The van der Waals surface area contributed by atoms with Gasteiger partial charge in [0.2, 0.25) is 0 Å². The van der Waals surface area contributed by atoms with Crippen LogP contribution in [0.3, 0.4) is 0 Å². The Morgan fingerprint density at radius 3 is 3.00 bits per heavy atom. The highest BCUT2D eigenvalue weighted by molar-refractivity contribution is 7.09. The van der Waals surface area contributed by atoms with E-state index in [1.165, 1.54) is 11.3 Å². The Bertz CT molecular complexity index is 451. The highest BCUT2D eigenvalue weighted by atomic mass is 32.1. The number of ether oxygens (including phenoxy) is 1. The van der Waals surface area contributed by atoms with E-state index in [2.05, 4.69) is 16.8 Å². The fraction of sp³-hybridized carbons (Fsp3) is 0.692. The Labute approximate surface area is 123 Å². The molecule has 1 amide bonds. The number of amides is 1. The van der Waals surface area contributed by atoms with E-state index in [1.807, 2.05) is 4.90 Å². The molecule has 7 heteroatoms. The Balaban J connectivity index is 1.93. The zero-order valence-electron chi connectivity index (χ0n) is 12.0. The minimum atomic E-state index is 0.0131. The molecule has 6 nitrogen and oxygen atoms in total. The lowest BCUT2D eigenvalue weighted by atomic mass is 10.2. The molecular formula is C13H22N4O2S. The van der Waals surface area contributed by atoms with Gasteiger partial charge >= 0.3 is 0 Å². The van der Waals surface area contributed by atoms with Crippen LogP contribution in [0, 0.1) is 0 Å². The first-order valence-electron chi connectivity index (χ1n) is 6.82. The van der Waals surface area contributed by atoms with E-state index >= 15 is 0 Å². The molecule has 0 aromatic carbocycles. The molecule has 2 heterocycles. The number of carbonyl (C=O) groups excluding carboxylic acids is 1. The molecule has 2 rings (SSSR count). The van der Waals surface area contributed by atoms with E-state index in [1.54, 1.807) is 12.5 Å². The van der Waals surface area contributed by atoms with Crippen LogP contribution in [0.25, 0.3) is 0 Å². The van der Waals surface area contributed by atoms with Crippen molar-refractivity contribution in [1.82, 2.24) is 14.8 Å². The van der Waals surface area contributed by atoms with Crippen molar-refractivity contribution in [1.29, 1.82) is 0 Å². The number of thiazole rings is 1. The summed E-state index contributed by atoms with van der Waals surface area (Å²) in [5.41, 5.74) is 6.05. The second-order valence-electron chi connectivity index (χ2n) is 4.96. The average molecular weight is 298 g/mol. The molecule has 0 bridgehead atoms. The minimum absolute atomic E-state index is 0.0131. The summed E-state index contributed by atoms with van der Waals surface area (Å²) >= 11 is 1.44. The van der Waals surface area contributed by atoms with E-state index in [-0.39, 0.29) is 5.91 Å². The zero-order chi connectivity index (χ0) is 14.5. The van der Waals surface area contributed by atoms with Crippen LogP contribution >= 0.6 is 11.3 Å². The maximum atomic E-state index is 12.4. The highest BCUT2D eigenvalue weighted by Crippen LogP contribution is 2.15. The number of piperazine rings is 1. The first-order valence-corrected chi connectivity index (χ1v) is 7.70. The molecule has 1 aliphatic rings. The molecule has 1 aromatic heterocycles. The van der Waals surface area contributed by atoms with E-state index in [0.29, 0.717) is 18.3 Å². The number of methoxy groups -OCH3 is 1. The summed E-state index contributed by atoms with van der Waals surface area (Å²) in [5.74, 6) is 0.0131. The number of nitrogens with zero attached hydrogens (tertiary/aromatic N) is 3. The Morgan fingerprint density at radius 1 is 1.60 bits per heavy atom. The lowest BCUT2D eigenvalue weighted by molar-refractivity contribution is 0.0430. The van der Waals surface area contributed by atoms with Gasteiger partial charge in [-0.15, -0.1) is 11.3 Å². The van der Waals surface area contributed by atoms with Gasteiger partial charge in [0.15, 0.2) is 0 Å². The van der Waals surface area contributed by atoms with E-state index in [9.17, 15) is 4.79 Å². The van der Waals surface area contributed by atoms with Crippen molar-refractivity contribution in [2.24, 2.45) is 5.73 Å². The largest absolute Gasteiger partial charge is 0.383 e. The van der Waals surface area contributed by atoms with Crippen LogP contribution in [0.2, 0.25) is 0 Å². The summed E-state index contributed by atoms with van der Waals surface area (Å²) < 4.78 is 5.11. The van der Waals surface area contributed by atoms with Crippen molar-refractivity contribution in [2.45, 2.75) is 19.5 Å². The molecular weight excluding hydrogens is 276 g/mol. The van der Waals surface area contributed by atoms with Crippen molar-refractivity contribution in [2.75, 3.05) is 39.9 Å². The van der Waals surface area contributed by atoms with Crippen LogP contribution in [0.4, 0.5) is 0 Å². The SMILES string of the molecule is COCCN1CCN(C(=O)c2csc(CN)n2)CC1C. The van der Waals surface area contributed by atoms with Gasteiger partial charge in [-0.3, -0.25) is 9.69 Å². The van der Waals surface area contributed by atoms with Crippen LogP contribution in [-0.4, -0.2) is 66.6 Å². The van der Waals surface area contributed by atoms with Crippen molar-refractivity contribution in [3.63, 3.8) is 0 Å². The standard InChI is InChI=1S/C13H22N4O2S/c1-10-8-17(4-3-16(10)5-6-19-2)13(18)11-9-20-12(7-14)15-11/h9-10H,3-8,14H2,1-2H3. The first kappa shape index (κ1) is 15.4. The zero-order valence-corrected chi connectivity index (χ0v) is 12.9. The Kier molecular flexibility index (Phi) is 5.47. The highest BCUT2D eigenvalue weighted by Gasteiger charge is 2.27. The second-order valence-corrected chi connectivity index (χ2v) is 5.90. The predicted octanol–water partition coefficient (Wildman–Crippen LogP) is 0.395. The van der Waals surface area contributed by atoms with Gasteiger partial charge in [0.25, 0.3) is 5.91 Å². The maximum absolute atomic E-state index is 12.4. The molecule has 20 heavy (non-hydrogen) atoms. The fourth-order valence-electron chi connectivity index (χ4n) is 2.39. The molecule has 1 atom stereocenters. The van der Waals surface area contributed by atoms with Gasteiger partial charge < -0.3 is 15.4 Å². The molecule has 1 fully saturated rings. The van der Waals surface area contributed by atoms with Crippen molar-refractivity contribution in [3.05, 3.63) is 16.1 Å². The van der Waals surface area contributed by atoms with Crippen LogP contribution in [0.1, 0.15) is 22.4 Å². The summed E-state index contributed by atoms with van der Waals surface area (Å²) in [4.78, 5) is 20.9. The van der Waals surface area contributed by atoms with Crippen molar-refractivity contribution in [3.8, 4) is 0 Å². The number of hydrogen-bond acceptors (Lipinski definition) is 6. The van der Waals surface area contributed by atoms with E-state index in [0.717, 1.165) is 37.8 Å². The van der Waals surface area contributed by atoms with Gasteiger partial charge in [0, 0.05) is 51.3 Å². The molecule has 0 spiro atoms.